The van der Waals surface area contributed by atoms with Crippen molar-refractivity contribution in [3.63, 3.8) is 0 Å². The molecule has 0 aromatic heterocycles. The van der Waals surface area contributed by atoms with Crippen molar-refractivity contribution in [3.8, 4) is 11.5 Å². The van der Waals surface area contributed by atoms with Gasteiger partial charge in [0.05, 0.1) is 18.2 Å². The van der Waals surface area contributed by atoms with Gasteiger partial charge in [0.1, 0.15) is 0 Å². The van der Waals surface area contributed by atoms with Crippen LogP contribution in [0.5, 0.6) is 11.5 Å². The van der Waals surface area contributed by atoms with Gasteiger partial charge in [-0.3, -0.25) is 0 Å². The van der Waals surface area contributed by atoms with E-state index in [-0.39, 0.29) is 0 Å². The van der Waals surface area contributed by atoms with E-state index in [1.807, 2.05) is 18.2 Å². The topological polar surface area (TPSA) is 18.5 Å². The van der Waals surface area contributed by atoms with Crippen molar-refractivity contribution in [1.82, 2.24) is 0 Å². The average Bonchev–Trinajstić information content (AvgIpc) is 2.56. The fourth-order valence-electron chi connectivity index (χ4n) is 2.51. The van der Waals surface area contributed by atoms with Gasteiger partial charge in [0, 0.05) is 0 Å². The third kappa shape index (κ3) is 9.10. The van der Waals surface area contributed by atoms with Crippen LogP contribution in [0.2, 0.25) is 5.02 Å². The summed E-state index contributed by atoms with van der Waals surface area (Å²) in [4.78, 5) is 0. The van der Waals surface area contributed by atoms with Gasteiger partial charge in [-0.1, -0.05) is 82.9 Å². The van der Waals surface area contributed by atoms with Crippen LogP contribution < -0.4 is 9.47 Å². The Bertz CT molecular complexity index is 407. The Balaban J connectivity index is 2.33. The van der Waals surface area contributed by atoms with E-state index in [1.165, 1.54) is 51.4 Å². The number of halogens is 1. The summed E-state index contributed by atoms with van der Waals surface area (Å²) in [6, 6.07) is 5.73. The van der Waals surface area contributed by atoms with E-state index in [0.29, 0.717) is 17.4 Å². The van der Waals surface area contributed by atoms with E-state index in [1.54, 1.807) is 0 Å². The predicted molar refractivity (Wildman–Crippen MR) is 100.0 cm³/mol. The molecular weight excluding hydrogens is 308 g/mol. The highest BCUT2D eigenvalue weighted by Crippen LogP contribution is 2.35. The van der Waals surface area contributed by atoms with Crippen molar-refractivity contribution in [3.05, 3.63) is 23.2 Å². The van der Waals surface area contributed by atoms with Crippen molar-refractivity contribution in [2.45, 2.75) is 78.1 Å². The zero-order valence-electron chi connectivity index (χ0n) is 14.9. The van der Waals surface area contributed by atoms with Crippen molar-refractivity contribution >= 4 is 11.6 Å². The highest BCUT2D eigenvalue weighted by atomic mass is 35.5. The summed E-state index contributed by atoms with van der Waals surface area (Å²) in [5.74, 6) is 1.49. The van der Waals surface area contributed by atoms with Gasteiger partial charge in [0.25, 0.3) is 0 Å². The Morgan fingerprint density at radius 1 is 0.739 bits per heavy atom. The molecule has 0 fully saturated rings. The largest absolute Gasteiger partial charge is 0.490 e. The summed E-state index contributed by atoms with van der Waals surface area (Å²) < 4.78 is 11.8. The van der Waals surface area contributed by atoms with Crippen LogP contribution in [0.4, 0.5) is 0 Å². The smallest absolute Gasteiger partial charge is 0.179 e. The first-order chi connectivity index (χ1) is 11.3. The van der Waals surface area contributed by atoms with Crippen LogP contribution in [0.3, 0.4) is 0 Å². The molecule has 3 heteroatoms. The minimum Gasteiger partial charge on any atom is -0.490 e. The van der Waals surface area contributed by atoms with Crippen LogP contribution in [-0.2, 0) is 0 Å². The Labute approximate surface area is 147 Å². The zero-order valence-corrected chi connectivity index (χ0v) is 15.7. The molecule has 2 nitrogen and oxygen atoms in total. The van der Waals surface area contributed by atoms with Gasteiger partial charge in [0.15, 0.2) is 11.5 Å². The molecule has 0 heterocycles. The SMILES string of the molecule is CCCCCCCOc1cccc(Cl)c1OCCCCCCC. The Morgan fingerprint density at radius 2 is 1.30 bits per heavy atom. The van der Waals surface area contributed by atoms with E-state index in [2.05, 4.69) is 13.8 Å². The second kappa shape index (κ2) is 13.5. The second-order valence-electron chi connectivity index (χ2n) is 6.09. The van der Waals surface area contributed by atoms with Gasteiger partial charge in [-0.2, -0.15) is 0 Å². The molecule has 0 saturated heterocycles. The molecule has 0 N–H and O–H groups in total. The van der Waals surface area contributed by atoms with Gasteiger partial charge < -0.3 is 9.47 Å². The van der Waals surface area contributed by atoms with Crippen LogP contribution >= 0.6 is 11.6 Å². The van der Waals surface area contributed by atoms with Gasteiger partial charge in [0.2, 0.25) is 0 Å². The molecule has 1 aromatic rings. The molecule has 0 amide bonds. The van der Waals surface area contributed by atoms with Crippen molar-refractivity contribution in [2.24, 2.45) is 0 Å². The summed E-state index contributed by atoms with van der Waals surface area (Å²) >= 11 is 6.27. The zero-order chi connectivity index (χ0) is 16.8. The van der Waals surface area contributed by atoms with Crippen LogP contribution in [0.15, 0.2) is 18.2 Å². The van der Waals surface area contributed by atoms with Gasteiger partial charge in [-0.25, -0.2) is 0 Å². The first-order valence-corrected chi connectivity index (χ1v) is 9.71. The summed E-state index contributed by atoms with van der Waals surface area (Å²) in [6.07, 6.45) is 12.3. The van der Waals surface area contributed by atoms with E-state index >= 15 is 0 Å². The third-order valence-electron chi connectivity index (χ3n) is 3.93. The number of hydrogen-bond acceptors (Lipinski definition) is 2. The molecule has 0 aliphatic heterocycles. The Kier molecular flexibility index (Phi) is 11.9. The van der Waals surface area contributed by atoms with Gasteiger partial charge >= 0.3 is 0 Å². The standard InChI is InChI=1S/C20H33ClO2/c1-3-5-7-9-11-16-22-19-15-13-14-18(21)20(19)23-17-12-10-8-6-4-2/h13-15H,3-12,16-17H2,1-2H3. The summed E-state index contributed by atoms with van der Waals surface area (Å²) in [6.45, 7) is 5.90. The lowest BCUT2D eigenvalue weighted by atomic mass is 10.2. The molecule has 0 aliphatic rings. The molecule has 23 heavy (non-hydrogen) atoms. The van der Waals surface area contributed by atoms with E-state index in [0.717, 1.165) is 25.2 Å². The van der Waals surface area contributed by atoms with Crippen molar-refractivity contribution in [1.29, 1.82) is 0 Å². The number of unbranched alkanes of at least 4 members (excludes halogenated alkanes) is 8. The quantitative estimate of drug-likeness (QED) is 0.338. The molecule has 1 aromatic carbocycles. The third-order valence-corrected chi connectivity index (χ3v) is 4.23. The number of ether oxygens (including phenoxy) is 2. The molecule has 0 unspecified atom stereocenters. The van der Waals surface area contributed by atoms with E-state index < -0.39 is 0 Å². The minimum atomic E-state index is 0.641. The van der Waals surface area contributed by atoms with E-state index in [9.17, 15) is 0 Å². The summed E-state index contributed by atoms with van der Waals surface area (Å²) in [5.41, 5.74) is 0. The number of benzene rings is 1. The summed E-state index contributed by atoms with van der Waals surface area (Å²) in [7, 11) is 0. The first-order valence-electron chi connectivity index (χ1n) is 9.33. The van der Waals surface area contributed by atoms with Crippen molar-refractivity contribution in [2.75, 3.05) is 13.2 Å². The number of rotatable bonds is 14. The molecule has 132 valence electrons. The lowest BCUT2D eigenvalue weighted by Gasteiger charge is -2.14. The minimum absolute atomic E-state index is 0.641. The Hall–Kier alpha value is -0.890. The Morgan fingerprint density at radius 3 is 1.91 bits per heavy atom. The van der Waals surface area contributed by atoms with E-state index in [4.69, 9.17) is 21.1 Å². The average molecular weight is 341 g/mol. The van der Waals surface area contributed by atoms with Crippen LogP contribution in [0.25, 0.3) is 0 Å². The van der Waals surface area contributed by atoms with Crippen LogP contribution in [-0.4, -0.2) is 13.2 Å². The highest BCUT2D eigenvalue weighted by Gasteiger charge is 2.09. The van der Waals surface area contributed by atoms with Crippen molar-refractivity contribution < 1.29 is 9.47 Å². The predicted octanol–water partition coefficient (Wildman–Crippen LogP) is 7.04. The maximum atomic E-state index is 6.27. The van der Waals surface area contributed by atoms with Crippen LogP contribution in [0, 0.1) is 0 Å². The fourth-order valence-corrected chi connectivity index (χ4v) is 2.73. The number of hydrogen-bond donors (Lipinski definition) is 0. The molecular formula is C20H33ClO2. The lowest BCUT2D eigenvalue weighted by molar-refractivity contribution is 0.258. The summed E-state index contributed by atoms with van der Waals surface area (Å²) in [5, 5.41) is 0.641. The highest BCUT2D eigenvalue weighted by molar-refractivity contribution is 6.32. The molecule has 0 saturated carbocycles. The molecule has 0 spiro atoms. The molecule has 0 atom stereocenters. The normalized spacial score (nSPS) is 10.7. The molecule has 0 radical (unpaired) electrons. The molecule has 0 bridgehead atoms. The maximum absolute atomic E-state index is 6.27. The maximum Gasteiger partial charge on any atom is 0.179 e. The lowest BCUT2D eigenvalue weighted by Crippen LogP contribution is -2.03. The monoisotopic (exact) mass is 340 g/mol. The van der Waals surface area contributed by atoms with Gasteiger partial charge in [-0.05, 0) is 25.0 Å². The van der Waals surface area contributed by atoms with Crippen LogP contribution in [0.1, 0.15) is 78.1 Å². The second-order valence-corrected chi connectivity index (χ2v) is 6.50. The first kappa shape index (κ1) is 20.2. The molecule has 0 aliphatic carbocycles. The number of para-hydroxylation sites is 1. The van der Waals surface area contributed by atoms with Gasteiger partial charge in [-0.15, -0.1) is 0 Å². The fraction of sp³-hybridized carbons (Fsp3) is 0.700. The molecule has 1 rings (SSSR count).